The maximum absolute atomic E-state index is 5.90. The Labute approximate surface area is 170 Å². The molecular weight excluding hydrogens is 443 g/mol. The zero-order valence-electron chi connectivity index (χ0n) is 14.9. The number of benzene rings is 1. The van der Waals surface area contributed by atoms with Crippen LogP contribution in [0.25, 0.3) is 11.3 Å². The van der Waals surface area contributed by atoms with Gasteiger partial charge in [0, 0.05) is 12.1 Å². The molecule has 6 nitrogen and oxygen atoms in total. The minimum atomic E-state index is 0. The second kappa shape index (κ2) is 8.85. The van der Waals surface area contributed by atoms with E-state index in [0.29, 0.717) is 30.7 Å². The third kappa shape index (κ3) is 4.37. The predicted molar refractivity (Wildman–Crippen MR) is 112 cm³/mol. The number of hydrogen-bond donors (Lipinski definition) is 2. The van der Waals surface area contributed by atoms with Gasteiger partial charge in [-0.3, -0.25) is 0 Å². The Morgan fingerprint density at radius 3 is 2.81 bits per heavy atom. The van der Waals surface area contributed by atoms with Gasteiger partial charge in [-0.05, 0) is 26.2 Å². The van der Waals surface area contributed by atoms with E-state index < -0.39 is 0 Å². The van der Waals surface area contributed by atoms with E-state index >= 15 is 0 Å². The summed E-state index contributed by atoms with van der Waals surface area (Å²) < 4.78 is 11.7. The summed E-state index contributed by atoms with van der Waals surface area (Å²) in [5, 5.41) is 6.79. The number of aliphatic imine (C=N–C) groups is 1. The Kier molecular flexibility index (Phi) is 6.53. The number of guanidine groups is 1. The molecule has 140 valence electrons. The number of rotatable bonds is 5. The molecule has 2 aromatic rings. The van der Waals surface area contributed by atoms with Crippen molar-refractivity contribution >= 4 is 29.9 Å². The molecule has 2 aliphatic rings. The number of oxazole rings is 1. The van der Waals surface area contributed by atoms with Crippen molar-refractivity contribution in [3.63, 3.8) is 0 Å². The lowest BCUT2D eigenvalue weighted by molar-refractivity contribution is 0.0992. The average Bonchev–Trinajstić information content (AvgIpc) is 3.37. The summed E-state index contributed by atoms with van der Waals surface area (Å²) in [5.74, 6) is 2.17. The van der Waals surface area contributed by atoms with Crippen LogP contribution < -0.4 is 10.6 Å². The smallest absolute Gasteiger partial charge is 0.216 e. The molecule has 1 aromatic heterocycles. The number of aromatic nitrogens is 1. The molecular formula is C19H25IN4O2. The van der Waals surface area contributed by atoms with Crippen LogP contribution in [-0.4, -0.2) is 35.7 Å². The lowest BCUT2D eigenvalue weighted by Crippen LogP contribution is -2.47. The normalized spacial score (nSPS) is 24.3. The topological polar surface area (TPSA) is 71.7 Å². The van der Waals surface area contributed by atoms with Gasteiger partial charge in [0.1, 0.15) is 6.54 Å². The van der Waals surface area contributed by atoms with Gasteiger partial charge in [-0.15, -0.1) is 24.0 Å². The SMILES string of the molecule is CCNC(=NCc1ncc(-c2ccccc2)o1)NC1CC2CCC1O2.I. The summed E-state index contributed by atoms with van der Waals surface area (Å²) in [7, 11) is 0. The highest BCUT2D eigenvalue weighted by Gasteiger charge is 2.41. The summed E-state index contributed by atoms with van der Waals surface area (Å²) in [5.41, 5.74) is 1.02. The molecule has 26 heavy (non-hydrogen) atoms. The fraction of sp³-hybridized carbons (Fsp3) is 0.474. The van der Waals surface area contributed by atoms with Gasteiger partial charge in [-0.2, -0.15) is 0 Å². The minimum absolute atomic E-state index is 0. The molecule has 2 saturated heterocycles. The maximum atomic E-state index is 5.90. The first-order chi connectivity index (χ1) is 12.3. The van der Waals surface area contributed by atoms with E-state index in [0.717, 1.165) is 36.7 Å². The molecule has 0 amide bonds. The molecule has 0 saturated carbocycles. The van der Waals surface area contributed by atoms with E-state index in [1.165, 1.54) is 6.42 Å². The zero-order valence-corrected chi connectivity index (χ0v) is 17.2. The molecule has 2 aliphatic heterocycles. The first-order valence-corrected chi connectivity index (χ1v) is 9.02. The molecule has 0 radical (unpaired) electrons. The van der Waals surface area contributed by atoms with Gasteiger partial charge in [0.05, 0.1) is 24.4 Å². The van der Waals surface area contributed by atoms with Gasteiger partial charge in [0.25, 0.3) is 0 Å². The summed E-state index contributed by atoms with van der Waals surface area (Å²) >= 11 is 0. The van der Waals surface area contributed by atoms with Crippen molar-refractivity contribution in [1.82, 2.24) is 15.6 Å². The Morgan fingerprint density at radius 2 is 2.12 bits per heavy atom. The van der Waals surface area contributed by atoms with Crippen LogP contribution in [0.3, 0.4) is 0 Å². The molecule has 3 atom stereocenters. The highest BCUT2D eigenvalue weighted by molar-refractivity contribution is 14.0. The molecule has 0 spiro atoms. The van der Waals surface area contributed by atoms with E-state index in [-0.39, 0.29) is 24.0 Å². The number of ether oxygens (including phenoxy) is 1. The van der Waals surface area contributed by atoms with Crippen LogP contribution in [0.5, 0.6) is 0 Å². The molecule has 1 aromatic carbocycles. The maximum Gasteiger partial charge on any atom is 0.216 e. The van der Waals surface area contributed by atoms with Crippen molar-refractivity contribution in [3.8, 4) is 11.3 Å². The average molecular weight is 468 g/mol. The number of nitrogens with zero attached hydrogens (tertiary/aromatic N) is 2. The molecule has 3 heterocycles. The van der Waals surface area contributed by atoms with Gasteiger partial charge in [-0.1, -0.05) is 30.3 Å². The second-order valence-corrected chi connectivity index (χ2v) is 6.54. The number of halogens is 1. The lowest BCUT2D eigenvalue weighted by atomic mass is 9.96. The zero-order chi connectivity index (χ0) is 17.1. The van der Waals surface area contributed by atoms with Gasteiger partial charge < -0.3 is 19.8 Å². The first kappa shape index (κ1) is 19.2. The fourth-order valence-corrected chi connectivity index (χ4v) is 3.55. The van der Waals surface area contributed by atoms with Gasteiger partial charge in [-0.25, -0.2) is 9.98 Å². The number of fused-ring (bicyclic) bond motifs is 2. The summed E-state index contributed by atoms with van der Waals surface area (Å²) in [6, 6.07) is 10.3. The van der Waals surface area contributed by atoms with E-state index in [1.54, 1.807) is 6.20 Å². The third-order valence-corrected chi connectivity index (χ3v) is 4.76. The van der Waals surface area contributed by atoms with Crippen LogP contribution in [0.4, 0.5) is 0 Å². The molecule has 2 N–H and O–H groups in total. The summed E-state index contributed by atoms with van der Waals surface area (Å²) in [6.07, 6.45) is 5.89. The molecule has 4 rings (SSSR count). The Morgan fingerprint density at radius 1 is 1.27 bits per heavy atom. The number of nitrogens with one attached hydrogen (secondary N) is 2. The van der Waals surface area contributed by atoms with Crippen LogP contribution in [0.15, 0.2) is 45.9 Å². The molecule has 2 bridgehead atoms. The van der Waals surface area contributed by atoms with Crippen LogP contribution in [0, 0.1) is 0 Å². The molecule has 3 unspecified atom stereocenters. The fourth-order valence-electron chi connectivity index (χ4n) is 3.55. The quantitative estimate of drug-likeness (QED) is 0.400. The molecule has 0 aliphatic carbocycles. The number of hydrogen-bond acceptors (Lipinski definition) is 4. The van der Waals surface area contributed by atoms with E-state index in [2.05, 4.69) is 27.5 Å². The second-order valence-electron chi connectivity index (χ2n) is 6.54. The van der Waals surface area contributed by atoms with Crippen LogP contribution in [-0.2, 0) is 11.3 Å². The Bertz CT molecular complexity index is 734. The van der Waals surface area contributed by atoms with Crippen molar-refractivity contribution < 1.29 is 9.15 Å². The Hall–Kier alpha value is -1.61. The molecule has 7 heteroatoms. The van der Waals surface area contributed by atoms with Crippen molar-refractivity contribution in [1.29, 1.82) is 0 Å². The van der Waals surface area contributed by atoms with Crippen molar-refractivity contribution in [2.24, 2.45) is 4.99 Å². The van der Waals surface area contributed by atoms with Gasteiger partial charge in [0.15, 0.2) is 11.7 Å². The van der Waals surface area contributed by atoms with Gasteiger partial charge in [0.2, 0.25) is 5.89 Å². The van der Waals surface area contributed by atoms with Crippen LogP contribution in [0.2, 0.25) is 0 Å². The summed E-state index contributed by atoms with van der Waals surface area (Å²) in [4.78, 5) is 8.96. The van der Waals surface area contributed by atoms with E-state index in [1.807, 2.05) is 30.3 Å². The highest BCUT2D eigenvalue weighted by Crippen LogP contribution is 2.34. The van der Waals surface area contributed by atoms with E-state index in [9.17, 15) is 0 Å². The minimum Gasteiger partial charge on any atom is -0.439 e. The third-order valence-electron chi connectivity index (χ3n) is 4.76. The van der Waals surface area contributed by atoms with Crippen LogP contribution >= 0.6 is 24.0 Å². The highest BCUT2D eigenvalue weighted by atomic mass is 127. The van der Waals surface area contributed by atoms with Gasteiger partial charge >= 0.3 is 0 Å². The van der Waals surface area contributed by atoms with Crippen molar-refractivity contribution in [3.05, 3.63) is 42.4 Å². The monoisotopic (exact) mass is 468 g/mol. The molecule has 2 fully saturated rings. The van der Waals surface area contributed by atoms with Crippen molar-refractivity contribution in [2.45, 2.75) is 51.0 Å². The van der Waals surface area contributed by atoms with Crippen molar-refractivity contribution in [2.75, 3.05) is 6.54 Å². The largest absolute Gasteiger partial charge is 0.439 e. The first-order valence-electron chi connectivity index (χ1n) is 9.02. The summed E-state index contributed by atoms with van der Waals surface area (Å²) in [6.45, 7) is 3.28. The predicted octanol–water partition coefficient (Wildman–Crippen LogP) is 3.33. The standard InChI is InChI=1S/C19H24N4O2.HI/c1-2-20-19(23-15-10-14-8-9-16(15)24-14)22-12-18-21-11-17(25-18)13-6-4-3-5-7-13;/h3-7,11,14-16H,2,8-10,12H2,1H3,(H2,20,22,23);1H. The van der Waals surface area contributed by atoms with E-state index in [4.69, 9.17) is 9.15 Å². The van der Waals surface area contributed by atoms with Crippen LogP contribution in [0.1, 0.15) is 32.1 Å². The Balaban J connectivity index is 0.00000196. The lowest BCUT2D eigenvalue weighted by Gasteiger charge is -2.22.